The number of aromatic nitrogens is 1. The molecule has 1 aromatic heterocycles. The van der Waals surface area contributed by atoms with Gasteiger partial charge in [0.2, 0.25) is 0 Å². The van der Waals surface area contributed by atoms with Crippen LogP contribution in [-0.2, 0) is 6.42 Å². The Morgan fingerprint density at radius 2 is 2.05 bits per heavy atom. The van der Waals surface area contributed by atoms with Gasteiger partial charge in [0.05, 0.1) is 6.10 Å². The summed E-state index contributed by atoms with van der Waals surface area (Å²) >= 11 is 0. The number of piperidine rings is 1. The Hall–Kier alpha value is -0.800. The van der Waals surface area contributed by atoms with E-state index in [-0.39, 0.29) is 11.5 Å². The van der Waals surface area contributed by atoms with Gasteiger partial charge in [0.25, 0.3) is 0 Å². The molecular formula is C18H30N2O. The van der Waals surface area contributed by atoms with Crippen LogP contribution in [0.2, 0.25) is 0 Å². The number of aryl methyl sites for hydroxylation is 1. The number of aliphatic hydroxyl groups excluding tert-OH is 1. The summed E-state index contributed by atoms with van der Waals surface area (Å²) < 4.78 is 2.56. The Kier molecular flexibility index (Phi) is 3.69. The molecule has 3 atom stereocenters. The van der Waals surface area contributed by atoms with Crippen LogP contribution in [0.5, 0.6) is 0 Å². The number of nitrogens with zero attached hydrogens (tertiary/aromatic N) is 2. The first-order valence-electron chi connectivity index (χ1n) is 8.37. The average Bonchev–Trinajstić information content (AvgIpc) is 2.68. The zero-order valence-corrected chi connectivity index (χ0v) is 14.2. The van der Waals surface area contributed by atoms with Crippen molar-refractivity contribution in [3.05, 3.63) is 23.0 Å². The molecule has 1 fully saturated rings. The van der Waals surface area contributed by atoms with E-state index in [4.69, 9.17) is 0 Å². The first kappa shape index (κ1) is 15.1. The summed E-state index contributed by atoms with van der Waals surface area (Å²) in [6.45, 7) is 10.3. The van der Waals surface area contributed by atoms with E-state index in [0.29, 0.717) is 12.1 Å². The average molecular weight is 290 g/mol. The molecule has 21 heavy (non-hydrogen) atoms. The van der Waals surface area contributed by atoms with E-state index in [1.54, 1.807) is 0 Å². The van der Waals surface area contributed by atoms with Crippen molar-refractivity contribution in [3.63, 3.8) is 0 Å². The summed E-state index contributed by atoms with van der Waals surface area (Å²) in [6, 6.07) is 3.47. The topological polar surface area (TPSA) is 28.4 Å². The first-order chi connectivity index (χ1) is 9.78. The maximum absolute atomic E-state index is 10.5. The normalized spacial score (nSPS) is 33.0. The van der Waals surface area contributed by atoms with Crippen molar-refractivity contribution in [1.29, 1.82) is 0 Å². The predicted molar refractivity (Wildman–Crippen MR) is 86.6 cm³/mol. The number of aliphatic hydroxyl groups is 1. The van der Waals surface area contributed by atoms with Crippen LogP contribution in [0.4, 0.5) is 0 Å². The van der Waals surface area contributed by atoms with Crippen molar-refractivity contribution in [1.82, 2.24) is 9.47 Å². The molecule has 0 aromatic carbocycles. The summed E-state index contributed by atoms with van der Waals surface area (Å²) in [5.74, 6) is 0. The summed E-state index contributed by atoms with van der Waals surface area (Å²) in [5, 5.41) is 10.5. The smallest absolute Gasteiger partial charge is 0.0812 e. The number of hydrogen-bond donors (Lipinski definition) is 1. The fourth-order valence-electron chi connectivity index (χ4n) is 4.37. The Labute approximate surface area is 129 Å². The van der Waals surface area contributed by atoms with E-state index in [1.165, 1.54) is 36.3 Å². The minimum Gasteiger partial charge on any atom is -0.388 e. The molecule has 0 radical (unpaired) electrons. The highest BCUT2D eigenvalue weighted by atomic mass is 16.3. The van der Waals surface area contributed by atoms with Gasteiger partial charge in [-0.15, -0.1) is 0 Å². The molecule has 2 aliphatic rings. The molecule has 1 N–H and O–H groups in total. The van der Waals surface area contributed by atoms with Gasteiger partial charge in [-0.25, -0.2) is 0 Å². The van der Waals surface area contributed by atoms with E-state index in [2.05, 4.69) is 50.3 Å². The van der Waals surface area contributed by atoms with Crippen LogP contribution in [0.3, 0.4) is 0 Å². The second kappa shape index (κ2) is 5.13. The largest absolute Gasteiger partial charge is 0.388 e. The lowest BCUT2D eigenvalue weighted by Crippen LogP contribution is -2.39. The molecular weight excluding hydrogens is 260 g/mol. The maximum Gasteiger partial charge on any atom is 0.0812 e. The van der Waals surface area contributed by atoms with Gasteiger partial charge in [-0.2, -0.15) is 0 Å². The maximum atomic E-state index is 10.5. The molecule has 1 aliphatic heterocycles. The van der Waals surface area contributed by atoms with Crippen molar-refractivity contribution < 1.29 is 5.11 Å². The lowest BCUT2D eigenvalue weighted by molar-refractivity contribution is 0.0951. The van der Waals surface area contributed by atoms with Gasteiger partial charge in [0.15, 0.2) is 0 Å². The number of likely N-dealkylation sites (tertiary alicyclic amines) is 1. The van der Waals surface area contributed by atoms with Crippen LogP contribution < -0.4 is 0 Å². The SMILES string of the molecule is Cc1cc2c(n1C1CCN(C)C(C)C1)CC(C)(C)CC2O. The molecule has 0 spiro atoms. The van der Waals surface area contributed by atoms with Crippen LogP contribution in [0.15, 0.2) is 6.07 Å². The van der Waals surface area contributed by atoms with Crippen LogP contribution in [0.1, 0.15) is 69.1 Å². The fraction of sp³-hybridized carbons (Fsp3) is 0.778. The Bertz CT molecular complexity index is 532. The van der Waals surface area contributed by atoms with E-state index in [1.807, 2.05) is 0 Å². The molecule has 118 valence electrons. The summed E-state index contributed by atoms with van der Waals surface area (Å²) in [4.78, 5) is 2.46. The molecule has 1 aromatic rings. The second-order valence-corrected chi connectivity index (χ2v) is 8.13. The molecule has 1 aliphatic carbocycles. The van der Waals surface area contributed by atoms with E-state index in [9.17, 15) is 5.11 Å². The molecule has 0 saturated carbocycles. The molecule has 0 amide bonds. The first-order valence-corrected chi connectivity index (χ1v) is 8.37. The van der Waals surface area contributed by atoms with Crippen LogP contribution in [-0.4, -0.2) is 34.2 Å². The molecule has 1 saturated heterocycles. The van der Waals surface area contributed by atoms with E-state index >= 15 is 0 Å². The molecule has 3 heteroatoms. The van der Waals surface area contributed by atoms with E-state index < -0.39 is 0 Å². The van der Waals surface area contributed by atoms with Gasteiger partial charge in [-0.1, -0.05) is 13.8 Å². The van der Waals surface area contributed by atoms with Gasteiger partial charge in [-0.05, 0) is 58.1 Å². The minimum absolute atomic E-state index is 0.200. The highest BCUT2D eigenvalue weighted by molar-refractivity contribution is 5.34. The summed E-state index contributed by atoms with van der Waals surface area (Å²) in [6.07, 6.45) is 4.13. The minimum atomic E-state index is -0.285. The van der Waals surface area contributed by atoms with Gasteiger partial charge >= 0.3 is 0 Å². The van der Waals surface area contributed by atoms with Gasteiger partial charge in [0.1, 0.15) is 0 Å². The van der Waals surface area contributed by atoms with Crippen molar-refractivity contribution in [2.24, 2.45) is 5.41 Å². The van der Waals surface area contributed by atoms with Crippen LogP contribution in [0.25, 0.3) is 0 Å². The predicted octanol–water partition coefficient (Wildman–Crippen LogP) is 3.46. The lowest BCUT2D eigenvalue weighted by Gasteiger charge is -2.39. The Balaban J connectivity index is 1.97. The van der Waals surface area contributed by atoms with Gasteiger partial charge < -0.3 is 14.6 Å². The van der Waals surface area contributed by atoms with Gasteiger partial charge in [0, 0.05) is 35.6 Å². The number of fused-ring (bicyclic) bond motifs is 1. The molecule has 3 unspecified atom stereocenters. The number of rotatable bonds is 1. The summed E-state index contributed by atoms with van der Waals surface area (Å²) in [5.41, 5.74) is 4.13. The zero-order chi connectivity index (χ0) is 15.4. The molecule has 3 rings (SSSR count). The van der Waals surface area contributed by atoms with Crippen molar-refractivity contribution in [2.45, 2.75) is 71.6 Å². The Morgan fingerprint density at radius 3 is 2.71 bits per heavy atom. The lowest BCUT2D eigenvalue weighted by atomic mass is 9.75. The highest BCUT2D eigenvalue weighted by Crippen LogP contribution is 2.44. The summed E-state index contributed by atoms with van der Waals surface area (Å²) in [7, 11) is 2.23. The molecule has 0 bridgehead atoms. The third kappa shape index (κ3) is 2.66. The monoisotopic (exact) mass is 290 g/mol. The second-order valence-electron chi connectivity index (χ2n) is 8.13. The van der Waals surface area contributed by atoms with Crippen LogP contribution >= 0.6 is 0 Å². The van der Waals surface area contributed by atoms with Crippen molar-refractivity contribution in [3.8, 4) is 0 Å². The van der Waals surface area contributed by atoms with Crippen molar-refractivity contribution in [2.75, 3.05) is 13.6 Å². The Morgan fingerprint density at radius 1 is 1.33 bits per heavy atom. The van der Waals surface area contributed by atoms with Crippen molar-refractivity contribution >= 4 is 0 Å². The van der Waals surface area contributed by atoms with Crippen LogP contribution in [0, 0.1) is 12.3 Å². The zero-order valence-electron chi connectivity index (χ0n) is 14.2. The molecule has 2 heterocycles. The third-order valence-corrected chi connectivity index (χ3v) is 5.67. The number of hydrogen-bond acceptors (Lipinski definition) is 2. The van der Waals surface area contributed by atoms with E-state index in [0.717, 1.165) is 12.8 Å². The standard InChI is InChI=1S/C18H30N2O/c1-12-8-14(6-7-19(12)5)20-13(2)9-15-16(20)10-18(3,4)11-17(15)21/h9,12,14,17,21H,6-8,10-11H2,1-5H3. The third-order valence-electron chi connectivity index (χ3n) is 5.67. The molecule has 3 nitrogen and oxygen atoms in total. The fourth-order valence-corrected chi connectivity index (χ4v) is 4.37. The van der Waals surface area contributed by atoms with Gasteiger partial charge in [-0.3, -0.25) is 0 Å². The highest BCUT2D eigenvalue weighted by Gasteiger charge is 2.36. The quantitative estimate of drug-likeness (QED) is 0.858.